The second kappa shape index (κ2) is 6.10. The maximum atomic E-state index is 3.13. The lowest BCUT2D eigenvalue weighted by atomic mass is 10.0. The van der Waals surface area contributed by atoms with Crippen LogP contribution in [0, 0.1) is 0 Å². The van der Waals surface area contributed by atoms with Gasteiger partial charge in [0.1, 0.15) is 0 Å². The Balaban J connectivity index is 2.20. The van der Waals surface area contributed by atoms with E-state index in [1.807, 2.05) is 14.1 Å². The Labute approximate surface area is 115 Å². The average molecular weight is 252 g/mol. The number of anilines is 2. The zero-order chi connectivity index (χ0) is 13.7. The largest absolute Gasteiger partial charge is 0.388 e. The highest BCUT2D eigenvalue weighted by molar-refractivity contribution is 5.80. The van der Waals surface area contributed by atoms with E-state index in [9.17, 15) is 0 Å². The average Bonchev–Trinajstić information content (AvgIpc) is 2.48. The highest BCUT2D eigenvalue weighted by Crippen LogP contribution is 2.20. The molecular formula is C17H20N2. The monoisotopic (exact) mass is 252 g/mol. The van der Waals surface area contributed by atoms with Gasteiger partial charge in [-0.05, 0) is 47.9 Å². The van der Waals surface area contributed by atoms with Gasteiger partial charge in [0, 0.05) is 25.5 Å². The minimum absolute atomic E-state index is 1.13. The minimum atomic E-state index is 1.13. The molecule has 0 saturated carbocycles. The first-order valence-corrected chi connectivity index (χ1v) is 6.47. The third-order valence-corrected chi connectivity index (χ3v) is 3.21. The molecule has 98 valence electrons. The van der Waals surface area contributed by atoms with E-state index in [0.717, 1.165) is 11.4 Å². The van der Waals surface area contributed by atoms with Gasteiger partial charge in [0.25, 0.3) is 0 Å². The normalized spacial score (nSPS) is 11.2. The molecule has 0 spiro atoms. The molecule has 2 aromatic carbocycles. The van der Waals surface area contributed by atoms with E-state index >= 15 is 0 Å². The zero-order valence-electron chi connectivity index (χ0n) is 11.7. The number of nitrogens with one attached hydrogen (secondary N) is 2. The number of hydrogen-bond donors (Lipinski definition) is 2. The van der Waals surface area contributed by atoms with Gasteiger partial charge in [-0.15, -0.1) is 0 Å². The lowest BCUT2D eigenvalue weighted by Crippen LogP contribution is -1.88. The predicted molar refractivity (Wildman–Crippen MR) is 85.5 cm³/mol. The van der Waals surface area contributed by atoms with Crippen LogP contribution in [0.4, 0.5) is 11.4 Å². The predicted octanol–water partition coefficient (Wildman–Crippen LogP) is 4.33. The van der Waals surface area contributed by atoms with Gasteiger partial charge < -0.3 is 10.6 Å². The van der Waals surface area contributed by atoms with Crippen LogP contribution >= 0.6 is 0 Å². The second-order valence-corrected chi connectivity index (χ2v) is 4.53. The SMILES string of the molecule is CNc1ccc(C=C(C)c2ccc(NC)cc2)cc1. The van der Waals surface area contributed by atoms with Crippen molar-refractivity contribution >= 4 is 23.0 Å². The second-order valence-electron chi connectivity index (χ2n) is 4.53. The first kappa shape index (κ1) is 13.2. The van der Waals surface area contributed by atoms with E-state index in [1.54, 1.807) is 0 Å². The summed E-state index contributed by atoms with van der Waals surface area (Å²) in [7, 11) is 3.86. The molecule has 2 rings (SSSR count). The molecule has 19 heavy (non-hydrogen) atoms. The maximum absolute atomic E-state index is 3.13. The van der Waals surface area contributed by atoms with Crippen LogP contribution in [0.25, 0.3) is 11.6 Å². The molecule has 2 heteroatoms. The minimum Gasteiger partial charge on any atom is -0.388 e. The molecule has 0 aromatic heterocycles. The molecule has 0 aliphatic rings. The Morgan fingerprint density at radius 3 is 1.74 bits per heavy atom. The van der Waals surface area contributed by atoms with Crippen LogP contribution in [0.2, 0.25) is 0 Å². The summed E-state index contributed by atoms with van der Waals surface area (Å²) in [5.74, 6) is 0. The van der Waals surface area contributed by atoms with Crippen molar-refractivity contribution in [2.75, 3.05) is 24.7 Å². The van der Waals surface area contributed by atoms with Gasteiger partial charge in [-0.2, -0.15) is 0 Å². The van der Waals surface area contributed by atoms with Crippen LogP contribution in [0.1, 0.15) is 18.1 Å². The Hall–Kier alpha value is -2.22. The van der Waals surface area contributed by atoms with E-state index in [0.29, 0.717) is 0 Å². The van der Waals surface area contributed by atoms with E-state index in [1.165, 1.54) is 16.7 Å². The molecule has 0 amide bonds. The van der Waals surface area contributed by atoms with Crippen molar-refractivity contribution < 1.29 is 0 Å². The van der Waals surface area contributed by atoms with Crippen LogP contribution < -0.4 is 10.6 Å². The van der Waals surface area contributed by atoms with E-state index in [4.69, 9.17) is 0 Å². The molecule has 0 atom stereocenters. The zero-order valence-corrected chi connectivity index (χ0v) is 11.7. The molecule has 0 unspecified atom stereocenters. The fraction of sp³-hybridized carbons (Fsp3) is 0.176. The van der Waals surface area contributed by atoms with Crippen LogP contribution in [0.3, 0.4) is 0 Å². The van der Waals surface area contributed by atoms with Crippen LogP contribution in [0.5, 0.6) is 0 Å². The maximum Gasteiger partial charge on any atom is 0.0337 e. The fourth-order valence-corrected chi connectivity index (χ4v) is 1.98. The summed E-state index contributed by atoms with van der Waals surface area (Å²) in [5.41, 5.74) is 5.99. The number of rotatable bonds is 4. The first-order valence-electron chi connectivity index (χ1n) is 6.47. The highest BCUT2D eigenvalue weighted by atomic mass is 14.8. The molecular weight excluding hydrogens is 232 g/mol. The molecule has 0 aliphatic heterocycles. The highest BCUT2D eigenvalue weighted by Gasteiger charge is 1.97. The summed E-state index contributed by atoms with van der Waals surface area (Å²) in [4.78, 5) is 0. The summed E-state index contributed by atoms with van der Waals surface area (Å²) in [6.45, 7) is 2.14. The van der Waals surface area contributed by atoms with Gasteiger partial charge in [-0.1, -0.05) is 30.3 Å². The summed E-state index contributed by atoms with van der Waals surface area (Å²) < 4.78 is 0. The van der Waals surface area contributed by atoms with Crippen molar-refractivity contribution in [1.29, 1.82) is 0 Å². The number of allylic oxidation sites excluding steroid dienone is 1. The van der Waals surface area contributed by atoms with Crippen LogP contribution in [0.15, 0.2) is 48.5 Å². The van der Waals surface area contributed by atoms with Gasteiger partial charge in [0.2, 0.25) is 0 Å². The van der Waals surface area contributed by atoms with Crippen molar-refractivity contribution in [2.24, 2.45) is 0 Å². The van der Waals surface area contributed by atoms with Gasteiger partial charge in [0.05, 0.1) is 0 Å². The Morgan fingerprint density at radius 1 is 0.789 bits per heavy atom. The Morgan fingerprint density at radius 2 is 1.26 bits per heavy atom. The number of benzene rings is 2. The molecule has 2 nitrogen and oxygen atoms in total. The van der Waals surface area contributed by atoms with Gasteiger partial charge in [0.15, 0.2) is 0 Å². The molecule has 0 aliphatic carbocycles. The quantitative estimate of drug-likeness (QED) is 0.791. The summed E-state index contributed by atoms with van der Waals surface area (Å²) >= 11 is 0. The summed E-state index contributed by atoms with van der Waals surface area (Å²) in [6.07, 6.45) is 2.20. The van der Waals surface area contributed by atoms with Crippen molar-refractivity contribution in [2.45, 2.75) is 6.92 Å². The Bertz CT molecular complexity index is 551. The topological polar surface area (TPSA) is 24.1 Å². The third kappa shape index (κ3) is 3.38. The van der Waals surface area contributed by atoms with E-state index in [-0.39, 0.29) is 0 Å². The van der Waals surface area contributed by atoms with Crippen molar-refractivity contribution in [3.05, 3.63) is 59.7 Å². The van der Waals surface area contributed by atoms with Crippen LogP contribution in [-0.2, 0) is 0 Å². The van der Waals surface area contributed by atoms with Crippen LogP contribution in [-0.4, -0.2) is 14.1 Å². The third-order valence-electron chi connectivity index (χ3n) is 3.21. The lowest BCUT2D eigenvalue weighted by molar-refractivity contribution is 1.49. The first-order chi connectivity index (χ1) is 9.22. The summed E-state index contributed by atoms with van der Waals surface area (Å²) in [6, 6.07) is 16.9. The molecule has 0 radical (unpaired) electrons. The summed E-state index contributed by atoms with van der Waals surface area (Å²) in [5, 5.41) is 6.25. The van der Waals surface area contributed by atoms with Gasteiger partial charge in [-0.25, -0.2) is 0 Å². The lowest BCUT2D eigenvalue weighted by Gasteiger charge is -2.05. The van der Waals surface area contributed by atoms with Gasteiger partial charge in [-0.3, -0.25) is 0 Å². The van der Waals surface area contributed by atoms with E-state index < -0.39 is 0 Å². The molecule has 2 N–H and O–H groups in total. The molecule has 0 fully saturated rings. The molecule has 0 saturated heterocycles. The van der Waals surface area contributed by atoms with Crippen molar-refractivity contribution in [3.63, 3.8) is 0 Å². The standard InChI is InChI=1S/C17H20N2/c1-13(15-6-10-17(19-3)11-7-15)12-14-4-8-16(18-2)9-5-14/h4-12,18-19H,1-3H3. The van der Waals surface area contributed by atoms with Gasteiger partial charge >= 0.3 is 0 Å². The number of hydrogen-bond acceptors (Lipinski definition) is 2. The van der Waals surface area contributed by atoms with E-state index in [2.05, 4.69) is 72.2 Å². The molecule has 0 bridgehead atoms. The fourth-order valence-electron chi connectivity index (χ4n) is 1.98. The molecule has 2 aromatic rings. The Kier molecular flexibility index (Phi) is 4.24. The smallest absolute Gasteiger partial charge is 0.0337 e. The van der Waals surface area contributed by atoms with Crippen molar-refractivity contribution in [3.8, 4) is 0 Å². The van der Waals surface area contributed by atoms with Crippen molar-refractivity contribution in [1.82, 2.24) is 0 Å². The molecule has 0 heterocycles.